The molecule has 0 aliphatic heterocycles. The van der Waals surface area contributed by atoms with Crippen LogP contribution in [-0.2, 0) is 6.54 Å². The number of nitrogens with two attached hydrogens (primary N) is 1. The van der Waals surface area contributed by atoms with Crippen LogP contribution in [0.3, 0.4) is 0 Å². The number of hydrogen-bond donors (Lipinski definition) is 2. The molecule has 4 nitrogen and oxygen atoms in total. The van der Waals surface area contributed by atoms with Gasteiger partial charge in [-0.15, -0.1) is 0 Å². The van der Waals surface area contributed by atoms with Gasteiger partial charge in [-0.25, -0.2) is 0 Å². The van der Waals surface area contributed by atoms with Gasteiger partial charge in [0.25, 0.3) is 0 Å². The first-order valence-corrected chi connectivity index (χ1v) is 6.92. The second-order valence-corrected chi connectivity index (χ2v) is 5.21. The molecule has 2 aromatic rings. The van der Waals surface area contributed by atoms with Crippen molar-refractivity contribution in [3.05, 3.63) is 57.6 Å². The Bertz CT molecular complexity index is 675. The molecule has 0 bridgehead atoms. The van der Waals surface area contributed by atoms with Gasteiger partial charge in [0.05, 0.1) is 12.8 Å². The van der Waals surface area contributed by atoms with Crippen LogP contribution in [0.15, 0.2) is 36.4 Å². The average molecular weight is 325 g/mol. The van der Waals surface area contributed by atoms with Crippen molar-refractivity contribution < 1.29 is 9.53 Å². The number of primary amides is 1. The van der Waals surface area contributed by atoms with E-state index in [1.165, 1.54) is 0 Å². The highest BCUT2D eigenvalue weighted by molar-refractivity contribution is 6.35. The van der Waals surface area contributed by atoms with Crippen molar-refractivity contribution in [2.45, 2.75) is 6.54 Å². The highest BCUT2D eigenvalue weighted by Crippen LogP contribution is 2.27. The molecule has 0 radical (unpaired) electrons. The molecule has 1 amide bonds. The topological polar surface area (TPSA) is 64.3 Å². The third-order valence-corrected chi connectivity index (χ3v) is 3.56. The largest absolute Gasteiger partial charge is 0.495 e. The number of anilines is 1. The minimum Gasteiger partial charge on any atom is -0.495 e. The number of nitrogens with one attached hydrogen (secondary N) is 1. The van der Waals surface area contributed by atoms with E-state index in [0.29, 0.717) is 33.6 Å². The van der Waals surface area contributed by atoms with E-state index in [1.807, 2.05) is 6.07 Å². The Labute approximate surface area is 132 Å². The summed E-state index contributed by atoms with van der Waals surface area (Å²) in [6.07, 6.45) is 0. The minimum atomic E-state index is -0.495. The molecule has 3 N–H and O–H groups in total. The van der Waals surface area contributed by atoms with Crippen molar-refractivity contribution in [1.82, 2.24) is 0 Å². The number of benzene rings is 2. The van der Waals surface area contributed by atoms with Gasteiger partial charge >= 0.3 is 0 Å². The maximum atomic E-state index is 11.2. The standard InChI is InChI=1S/C15H14Cl2N2O2/c1-21-14-5-3-9(15(18)20)6-13(14)19-8-10-2-4-11(16)7-12(10)17/h2-7,19H,8H2,1H3,(H2,18,20). The molecule has 110 valence electrons. The van der Waals surface area contributed by atoms with Gasteiger partial charge in [0.2, 0.25) is 5.91 Å². The minimum absolute atomic E-state index is 0.403. The van der Waals surface area contributed by atoms with Crippen LogP contribution >= 0.6 is 23.2 Å². The summed E-state index contributed by atoms with van der Waals surface area (Å²) in [4.78, 5) is 11.2. The first kappa shape index (κ1) is 15.5. The summed E-state index contributed by atoms with van der Waals surface area (Å²) in [6.45, 7) is 0.467. The van der Waals surface area contributed by atoms with Crippen LogP contribution < -0.4 is 15.8 Å². The fraction of sp³-hybridized carbons (Fsp3) is 0.133. The summed E-state index contributed by atoms with van der Waals surface area (Å²) in [7, 11) is 1.56. The normalized spacial score (nSPS) is 10.2. The molecule has 0 spiro atoms. The molecule has 2 aromatic carbocycles. The van der Waals surface area contributed by atoms with E-state index in [4.69, 9.17) is 33.7 Å². The predicted molar refractivity (Wildman–Crippen MR) is 85.3 cm³/mol. The monoisotopic (exact) mass is 324 g/mol. The number of methoxy groups -OCH3 is 1. The van der Waals surface area contributed by atoms with E-state index in [-0.39, 0.29) is 0 Å². The molecular weight excluding hydrogens is 311 g/mol. The second kappa shape index (κ2) is 6.70. The van der Waals surface area contributed by atoms with E-state index in [2.05, 4.69) is 5.32 Å². The highest BCUT2D eigenvalue weighted by atomic mass is 35.5. The van der Waals surface area contributed by atoms with Gasteiger partial charge in [0.1, 0.15) is 5.75 Å². The quantitative estimate of drug-likeness (QED) is 0.881. The molecule has 21 heavy (non-hydrogen) atoms. The Hall–Kier alpha value is -1.91. The Balaban J connectivity index is 2.22. The SMILES string of the molecule is COc1ccc(C(N)=O)cc1NCc1ccc(Cl)cc1Cl. The lowest BCUT2D eigenvalue weighted by Gasteiger charge is -2.13. The smallest absolute Gasteiger partial charge is 0.248 e. The van der Waals surface area contributed by atoms with Crippen LogP contribution in [0.4, 0.5) is 5.69 Å². The summed E-state index contributed by atoms with van der Waals surface area (Å²) >= 11 is 12.0. The molecule has 2 rings (SSSR count). The maximum absolute atomic E-state index is 11.2. The number of ether oxygens (including phenoxy) is 1. The first-order valence-electron chi connectivity index (χ1n) is 6.17. The Morgan fingerprint density at radius 2 is 2.00 bits per heavy atom. The molecule has 0 heterocycles. The van der Waals surface area contributed by atoms with Crippen molar-refractivity contribution in [2.24, 2.45) is 5.73 Å². The summed E-state index contributed by atoms with van der Waals surface area (Å²) in [5, 5.41) is 4.33. The van der Waals surface area contributed by atoms with Crippen LogP contribution in [0.5, 0.6) is 5.75 Å². The molecule has 0 aromatic heterocycles. The second-order valence-electron chi connectivity index (χ2n) is 4.37. The van der Waals surface area contributed by atoms with Crippen LogP contribution in [0.1, 0.15) is 15.9 Å². The predicted octanol–water partition coefficient (Wildman–Crippen LogP) is 3.71. The molecule has 0 aliphatic carbocycles. The summed E-state index contributed by atoms with van der Waals surface area (Å²) in [5.41, 5.74) is 7.23. The highest BCUT2D eigenvalue weighted by Gasteiger charge is 2.08. The lowest BCUT2D eigenvalue weighted by atomic mass is 10.1. The Morgan fingerprint density at radius 3 is 2.62 bits per heavy atom. The third-order valence-electron chi connectivity index (χ3n) is 2.97. The van der Waals surface area contributed by atoms with Gasteiger partial charge in [-0.1, -0.05) is 29.3 Å². The van der Waals surface area contributed by atoms with Crippen molar-refractivity contribution in [3.8, 4) is 5.75 Å². The Morgan fingerprint density at radius 1 is 1.24 bits per heavy atom. The van der Waals surface area contributed by atoms with Crippen molar-refractivity contribution in [2.75, 3.05) is 12.4 Å². The number of carbonyl (C=O) groups is 1. The van der Waals surface area contributed by atoms with E-state index >= 15 is 0 Å². The summed E-state index contributed by atoms with van der Waals surface area (Å²) in [5.74, 6) is 0.121. The lowest BCUT2D eigenvalue weighted by molar-refractivity contribution is 0.100. The van der Waals surface area contributed by atoms with E-state index in [1.54, 1.807) is 37.4 Å². The van der Waals surface area contributed by atoms with E-state index in [0.717, 1.165) is 5.56 Å². The summed E-state index contributed by atoms with van der Waals surface area (Å²) in [6, 6.07) is 10.2. The van der Waals surface area contributed by atoms with Gasteiger partial charge in [-0.3, -0.25) is 4.79 Å². The van der Waals surface area contributed by atoms with Crippen molar-refractivity contribution >= 4 is 34.8 Å². The third kappa shape index (κ3) is 3.80. The van der Waals surface area contributed by atoms with Gasteiger partial charge in [0.15, 0.2) is 0 Å². The van der Waals surface area contributed by atoms with Gasteiger partial charge < -0.3 is 15.8 Å². The van der Waals surface area contributed by atoms with Crippen LogP contribution in [0, 0.1) is 0 Å². The first-order chi connectivity index (χ1) is 10.0. The number of carbonyl (C=O) groups excluding carboxylic acids is 1. The van der Waals surface area contributed by atoms with Gasteiger partial charge in [-0.2, -0.15) is 0 Å². The fourth-order valence-electron chi connectivity index (χ4n) is 1.85. The molecule has 0 aliphatic rings. The number of hydrogen-bond acceptors (Lipinski definition) is 3. The number of rotatable bonds is 5. The molecule has 0 atom stereocenters. The lowest BCUT2D eigenvalue weighted by Crippen LogP contribution is -2.12. The number of halogens is 2. The van der Waals surface area contributed by atoms with Crippen molar-refractivity contribution in [3.63, 3.8) is 0 Å². The fourth-order valence-corrected chi connectivity index (χ4v) is 2.33. The number of amides is 1. The van der Waals surface area contributed by atoms with E-state index < -0.39 is 5.91 Å². The molecule has 0 saturated heterocycles. The Kier molecular flexibility index (Phi) is 4.94. The van der Waals surface area contributed by atoms with Crippen LogP contribution in [0.2, 0.25) is 10.0 Å². The zero-order valence-electron chi connectivity index (χ0n) is 11.3. The molecule has 0 saturated carbocycles. The van der Waals surface area contributed by atoms with Gasteiger partial charge in [0, 0.05) is 22.2 Å². The van der Waals surface area contributed by atoms with Crippen LogP contribution in [0.25, 0.3) is 0 Å². The zero-order chi connectivity index (χ0) is 15.4. The van der Waals surface area contributed by atoms with Gasteiger partial charge in [-0.05, 0) is 35.9 Å². The molecule has 0 fully saturated rings. The zero-order valence-corrected chi connectivity index (χ0v) is 12.8. The molecule has 6 heteroatoms. The molecule has 0 unspecified atom stereocenters. The summed E-state index contributed by atoms with van der Waals surface area (Å²) < 4.78 is 5.25. The van der Waals surface area contributed by atoms with Crippen LogP contribution in [-0.4, -0.2) is 13.0 Å². The van der Waals surface area contributed by atoms with Crippen molar-refractivity contribution in [1.29, 1.82) is 0 Å². The average Bonchev–Trinajstić information content (AvgIpc) is 2.46. The van der Waals surface area contributed by atoms with E-state index in [9.17, 15) is 4.79 Å². The molecular formula is C15H14Cl2N2O2. The maximum Gasteiger partial charge on any atom is 0.248 e.